The smallest absolute Gasteiger partial charge is 0.216 e. The van der Waals surface area contributed by atoms with Crippen molar-refractivity contribution in [1.29, 1.82) is 0 Å². The largest absolute Gasteiger partial charge is 0.481 e. The maximum Gasteiger partial charge on any atom is 0.216 e. The lowest BCUT2D eigenvalue weighted by atomic mass is 9.92. The van der Waals surface area contributed by atoms with Crippen LogP contribution < -0.4 is 4.74 Å². The average Bonchev–Trinajstić information content (AvgIpc) is 2.33. The molecule has 2 rings (SSSR count). The maximum atomic E-state index is 9.85. The third kappa shape index (κ3) is 2.51. The summed E-state index contributed by atoms with van der Waals surface area (Å²) in [5.41, 5.74) is 1.03. The first-order valence-electron chi connectivity index (χ1n) is 5.55. The van der Waals surface area contributed by atoms with Crippen molar-refractivity contribution in [1.82, 2.24) is 4.98 Å². The van der Waals surface area contributed by atoms with Gasteiger partial charge in [-0.05, 0) is 18.9 Å². The molecule has 2 atom stereocenters. The molecule has 0 aliphatic carbocycles. The first-order valence-corrected chi connectivity index (χ1v) is 5.55. The fraction of sp³-hybridized carbons (Fsp3) is 0.583. The SMILES string of the molecule is COc1ncccc1CC1COCCC1O. The van der Waals surface area contributed by atoms with Crippen molar-refractivity contribution in [2.75, 3.05) is 20.3 Å². The van der Waals surface area contributed by atoms with Crippen LogP contribution in [-0.4, -0.2) is 36.5 Å². The molecule has 0 bridgehead atoms. The van der Waals surface area contributed by atoms with E-state index < -0.39 is 0 Å². The topological polar surface area (TPSA) is 51.6 Å². The second-order valence-corrected chi connectivity index (χ2v) is 4.07. The maximum absolute atomic E-state index is 9.85. The van der Waals surface area contributed by atoms with Crippen LogP contribution in [0, 0.1) is 5.92 Å². The number of hydrogen-bond acceptors (Lipinski definition) is 4. The monoisotopic (exact) mass is 223 g/mol. The summed E-state index contributed by atoms with van der Waals surface area (Å²) in [6, 6.07) is 3.86. The number of hydrogen-bond donors (Lipinski definition) is 1. The summed E-state index contributed by atoms with van der Waals surface area (Å²) < 4.78 is 10.6. The molecule has 88 valence electrons. The van der Waals surface area contributed by atoms with Crippen LogP contribution in [0.2, 0.25) is 0 Å². The van der Waals surface area contributed by atoms with Crippen LogP contribution in [0.3, 0.4) is 0 Å². The van der Waals surface area contributed by atoms with Crippen molar-refractivity contribution in [3.05, 3.63) is 23.9 Å². The third-order valence-electron chi connectivity index (χ3n) is 2.96. The molecule has 1 saturated heterocycles. The van der Waals surface area contributed by atoms with Crippen LogP contribution in [-0.2, 0) is 11.2 Å². The van der Waals surface area contributed by atoms with Gasteiger partial charge >= 0.3 is 0 Å². The Kier molecular flexibility index (Phi) is 3.74. The summed E-state index contributed by atoms with van der Waals surface area (Å²) in [4.78, 5) is 4.14. The fourth-order valence-electron chi connectivity index (χ4n) is 2.03. The van der Waals surface area contributed by atoms with E-state index >= 15 is 0 Å². The van der Waals surface area contributed by atoms with Crippen LogP contribution >= 0.6 is 0 Å². The lowest BCUT2D eigenvalue weighted by molar-refractivity contribution is -0.0352. The van der Waals surface area contributed by atoms with Crippen LogP contribution in [0.4, 0.5) is 0 Å². The van der Waals surface area contributed by atoms with Gasteiger partial charge in [0, 0.05) is 24.3 Å². The quantitative estimate of drug-likeness (QED) is 0.831. The van der Waals surface area contributed by atoms with Gasteiger partial charge in [-0.15, -0.1) is 0 Å². The predicted octanol–water partition coefficient (Wildman–Crippen LogP) is 1.03. The molecule has 1 fully saturated rings. The van der Waals surface area contributed by atoms with E-state index in [1.165, 1.54) is 0 Å². The number of rotatable bonds is 3. The number of aliphatic hydroxyl groups excluding tert-OH is 1. The molecule has 1 aliphatic heterocycles. The van der Waals surface area contributed by atoms with Gasteiger partial charge in [-0.1, -0.05) is 6.07 Å². The summed E-state index contributed by atoms with van der Waals surface area (Å²) in [6.07, 6.45) is 2.89. The molecule has 4 nitrogen and oxygen atoms in total. The standard InChI is InChI=1S/C12H17NO3/c1-15-12-9(3-2-5-13-12)7-10-8-16-6-4-11(10)14/h2-3,5,10-11,14H,4,6-8H2,1H3. The van der Waals surface area contributed by atoms with Crippen LogP contribution in [0.25, 0.3) is 0 Å². The van der Waals surface area contributed by atoms with Crippen molar-refractivity contribution < 1.29 is 14.6 Å². The van der Waals surface area contributed by atoms with Gasteiger partial charge in [0.15, 0.2) is 0 Å². The van der Waals surface area contributed by atoms with Crippen LogP contribution in [0.15, 0.2) is 18.3 Å². The number of pyridine rings is 1. The molecule has 0 aromatic carbocycles. The molecule has 2 unspecified atom stereocenters. The molecule has 0 spiro atoms. The molecule has 4 heteroatoms. The van der Waals surface area contributed by atoms with E-state index in [1.54, 1.807) is 13.3 Å². The highest BCUT2D eigenvalue weighted by Crippen LogP contribution is 2.23. The van der Waals surface area contributed by atoms with Gasteiger partial charge in [-0.25, -0.2) is 4.98 Å². The molecule has 1 N–H and O–H groups in total. The van der Waals surface area contributed by atoms with E-state index in [9.17, 15) is 5.11 Å². The van der Waals surface area contributed by atoms with Gasteiger partial charge in [-0.3, -0.25) is 0 Å². The molecule has 0 amide bonds. The Hall–Kier alpha value is -1.13. The van der Waals surface area contributed by atoms with E-state index in [-0.39, 0.29) is 12.0 Å². The molecule has 1 aromatic rings. The zero-order chi connectivity index (χ0) is 11.4. The zero-order valence-corrected chi connectivity index (χ0v) is 9.43. The normalized spacial score (nSPS) is 25.4. The minimum atomic E-state index is -0.279. The molecular formula is C12H17NO3. The van der Waals surface area contributed by atoms with E-state index in [2.05, 4.69) is 4.98 Å². The van der Waals surface area contributed by atoms with Crippen molar-refractivity contribution in [3.8, 4) is 5.88 Å². The second-order valence-electron chi connectivity index (χ2n) is 4.07. The molecule has 2 heterocycles. The Labute approximate surface area is 95.2 Å². The number of ether oxygens (including phenoxy) is 2. The minimum Gasteiger partial charge on any atom is -0.481 e. The molecule has 0 saturated carbocycles. The summed E-state index contributed by atoms with van der Waals surface area (Å²) in [6.45, 7) is 1.26. The van der Waals surface area contributed by atoms with Crippen molar-refractivity contribution >= 4 is 0 Å². The van der Waals surface area contributed by atoms with Crippen molar-refractivity contribution in [2.45, 2.75) is 18.9 Å². The average molecular weight is 223 g/mol. The molecule has 16 heavy (non-hydrogen) atoms. The Morgan fingerprint density at radius 1 is 1.62 bits per heavy atom. The van der Waals surface area contributed by atoms with E-state index in [1.807, 2.05) is 12.1 Å². The molecular weight excluding hydrogens is 206 g/mol. The summed E-state index contributed by atoms with van der Waals surface area (Å²) in [5, 5.41) is 9.85. The Bertz CT molecular complexity index is 343. The van der Waals surface area contributed by atoms with E-state index in [0.717, 1.165) is 12.0 Å². The fourth-order valence-corrected chi connectivity index (χ4v) is 2.03. The Morgan fingerprint density at radius 2 is 2.50 bits per heavy atom. The van der Waals surface area contributed by atoms with Gasteiger partial charge in [0.1, 0.15) is 0 Å². The van der Waals surface area contributed by atoms with Gasteiger partial charge < -0.3 is 14.6 Å². The summed E-state index contributed by atoms with van der Waals surface area (Å²) in [5.74, 6) is 0.784. The second kappa shape index (κ2) is 5.27. The lowest BCUT2D eigenvalue weighted by Crippen LogP contribution is -2.33. The summed E-state index contributed by atoms with van der Waals surface area (Å²) >= 11 is 0. The lowest BCUT2D eigenvalue weighted by Gasteiger charge is -2.27. The number of aromatic nitrogens is 1. The van der Waals surface area contributed by atoms with Crippen molar-refractivity contribution in [3.63, 3.8) is 0 Å². The first-order chi connectivity index (χ1) is 7.81. The molecule has 0 radical (unpaired) electrons. The van der Waals surface area contributed by atoms with E-state index in [0.29, 0.717) is 25.5 Å². The van der Waals surface area contributed by atoms with Gasteiger partial charge in [0.2, 0.25) is 5.88 Å². The van der Waals surface area contributed by atoms with Crippen LogP contribution in [0.5, 0.6) is 5.88 Å². The van der Waals surface area contributed by atoms with Crippen molar-refractivity contribution in [2.24, 2.45) is 5.92 Å². The van der Waals surface area contributed by atoms with Gasteiger partial charge in [-0.2, -0.15) is 0 Å². The number of aliphatic hydroxyl groups is 1. The summed E-state index contributed by atoms with van der Waals surface area (Å²) in [7, 11) is 1.61. The highest BCUT2D eigenvalue weighted by atomic mass is 16.5. The first kappa shape index (κ1) is 11.4. The number of nitrogens with zero attached hydrogens (tertiary/aromatic N) is 1. The minimum absolute atomic E-state index is 0.145. The van der Waals surface area contributed by atoms with Gasteiger partial charge in [0.05, 0.1) is 19.8 Å². The predicted molar refractivity (Wildman–Crippen MR) is 59.4 cm³/mol. The highest BCUT2D eigenvalue weighted by molar-refractivity contribution is 5.26. The third-order valence-corrected chi connectivity index (χ3v) is 2.96. The van der Waals surface area contributed by atoms with Gasteiger partial charge in [0.25, 0.3) is 0 Å². The zero-order valence-electron chi connectivity index (χ0n) is 9.43. The number of methoxy groups -OCH3 is 1. The Balaban J connectivity index is 2.07. The molecule has 1 aliphatic rings. The highest BCUT2D eigenvalue weighted by Gasteiger charge is 2.24. The van der Waals surface area contributed by atoms with Crippen LogP contribution in [0.1, 0.15) is 12.0 Å². The molecule has 1 aromatic heterocycles. The Morgan fingerprint density at radius 3 is 3.25 bits per heavy atom. The van der Waals surface area contributed by atoms with E-state index in [4.69, 9.17) is 9.47 Å².